The van der Waals surface area contributed by atoms with Crippen LogP contribution in [-0.2, 0) is 0 Å². The minimum absolute atomic E-state index is 0.256. The lowest BCUT2D eigenvalue weighted by Crippen LogP contribution is -2.59. The standard InChI is InChI=1S/C12H21N5OS/c1-9-8-19-11(14-9)16-4-6-17(7-5-16)12(2,3)10(13)15-18/h8,18H,4-7H2,1-3H3,(H2,13,15). The molecule has 0 radical (unpaired) electrons. The van der Waals surface area contributed by atoms with Crippen molar-refractivity contribution in [1.29, 1.82) is 0 Å². The largest absolute Gasteiger partial charge is 0.409 e. The van der Waals surface area contributed by atoms with Crippen LogP contribution in [0.15, 0.2) is 10.5 Å². The van der Waals surface area contributed by atoms with Gasteiger partial charge in [-0.1, -0.05) is 5.16 Å². The highest BCUT2D eigenvalue weighted by Crippen LogP contribution is 2.24. The number of aryl methyl sites for hydroxylation is 1. The third kappa shape index (κ3) is 2.82. The molecule has 7 heteroatoms. The Balaban J connectivity index is 1.99. The summed E-state index contributed by atoms with van der Waals surface area (Å²) in [5.41, 5.74) is 6.42. The van der Waals surface area contributed by atoms with E-state index in [4.69, 9.17) is 10.9 Å². The predicted molar refractivity (Wildman–Crippen MR) is 78.1 cm³/mol. The van der Waals surface area contributed by atoms with Crippen LogP contribution in [0.3, 0.4) is 0 Å². The molecular weight excluding hydrogens is 262 g/mol. The smallest absolute Gasteiger partial charge is 0.185 e. The van der Waals surface area contributed by atoms with E-state index in [0.29, 0.717) is 0 Å². The Hall–Kier alpha value is -1.34. The van der Waals surface area contributed by atoms with Crippen LogP contribution in [0.1, 0.15) is 19.5 Å². The van der Waals surface area contributed by atoms with E-state index >= 15 is 0 Å². The maximum absolute atomic E-state index is 8.85. The molecule has 19 heavy (non-hydrogen) atoms. The molecule has 2 heterocycles. The molecule has 6 nitrogen and oxygen atoms in total. The van der Waals surface area contributed by atoms with Crippen molar-refractivity contribution in [2.75, 3.05) is 31.1 Å². The number of anilines is 1. The molecule has 0 spiro atoms. The number of thiazole rings is 1. The van der Waals surface area contributed by atoms with Crippen molar-refractivity contribution in [1.82, 2.24) is 9.88 Å². The van der Waals surface area contributed by atoms with Gasteiger partial charge in [0.15, 0.2) is 11.0 Å². The average molecular weight is 283 g/mol. The molecule has 1 aromatic rings. The first-order valence-electron chi connectivity index (χ1n) is 6.35. The lowest BCUT2D eigenvalue weighted by atomic mass is 10.0. The second kappa shape index (κ2) is 5.34. The zero-order chi connectivity index (χ0) is 14.0. The van der Waals surface area contributed by atoms with Crippen LogP contribution >= 0.6 is 11.3 Å². The number of piperazine rings is 1. The number of nitrogens with two attached hydrogens (primary N) is 1. The number of oxime groups is 1. The van der Waals surface area contributed by atoms with Gasteiger partial charge in [0, 0.05) is 31.6 Å². The van der Waals surface area contributed by atoms with E-state index in [0.717, 1.165) is 37.0 Å². The average Bonchev–Trinajstić information content (AvgIpc) is 2.84. The van der Waals surface area contributed by atoms with Crippen molar-refractivity contribution in [2.24, 2.45) is 10.9 Å². The van der Waals surface area contributed by atoms with Crippen LogP contribution in [0.25, 0.3) is 0 Å². The van der Waals surface area contributed by atoms with Gasteiger partial charge in [0.2, 0.25) is 0 Å². The molecule has 0 saturated carbocycles. The molecule has 1 fully saturated rings. The molecule has 2 rings (SSSR count). The van der Waals surface area contributed by atoms with E-state index in [2.05, 4.69) is 25.3 Å². The first kappa shape index (κ1) is 14.1. The van der Waals surface area contributed by atoms with Gasteiger partial charge in [0.1, 0.15) is 0 Å². The highest BCUT2D eigenvalue weighted by Gasteiger charge is 2.34. The van der Waals surface area contributed by atoms with Crippen molar-refractivity contribution in [3.05, 3.63) is 11.1 Å². The molecular formula is C12H21N5OS. The van der Waals surface area contributed by atoms with Crippen LogP contribution in [0.2, 0.25) is 0 Å². The second-order valence-electron chi connectivity index (χ2n) is 5.29. The molecule has 0 aliphatic carbocycles. The third-order valence-electron chi connectivity index (χ3n) is 3.68. The summed E-state index contributed by atoms with van der Waals surface area (Å²) in [4.78, 5) is 9.03. The molecule has 106 valence electrons. The summed E-state index contributed by atoms with van der Waals surface area (Å²) in [6, 6.07) is 0. The molecule has 1 aliphatic rings. The minimum Gasteiger partial charge on any atom is -0.409 e. The van der Waals surface area contributed by atoms with Gasteiger partial charge in [-0.25, -0.2) is 4.98 Å². The Morgan fingerprint density at radius 3 is 2.53 bits per heavy atom. The maximum Gasteiger partial charge on any atom is 0.185 e. The van der Waals surface area contributed by atoms with E-state index in [1.54, 1.807) is 11.3 Å². The highest BCUT2D eigenvalue weighted by atomic mass is 32.1. The molecule has 0 unspecified atom stereocenters. The van der Waals surface area contributed by atoms with Crippen molar-refractivity contribution in [3.63, 3.8) is 0 Å². The summed E-state index contributed by atoms with van der Waals surface area (Å²) >= 11 is 1.68. The van der Waals surface area contributed by atoms with Gasteiger partial charge in [-0.2, -0.15) is 0 Å². The number of nitrogens with zero attached hydrogens (tertiary/aromatic N) is 4. The molecule has 0 aromatic carbocycles. The quantitative estimate of drug-likeness (QED) is 0.376. The van der Waals surface area contributed by atoms with Crippen LogP contribution in [0, 0.1) is 6.92 Å². The van der Waals surface area contributed by atoms with Crippen molar-refractivity contribution < 1.29 is 5.21 Å². The van der Waals surface area contributed by atoms with Gasteiger partial charge in [0.25, 0.3) is 0 Å². The van der Waals surface area contributed by atoms with Crippen molar-refractivity contribution >= 4 is 22.3 Å². The summed E-state index contributed by atoms with van der Waals surface area (Å²) < 4.78 is 0. The molecule has 1 saturated heterocycles. The topological polar surface area (TPSA) is 78.0 Å². The molecule has 1 aromatic heterocycles. The first-order chi connectivity index (χ1) is 8.95. The Morgan fingerprint density at radius 2 is 2.05 bits per heavy atom. The number of hydrogen-bond acceptors (Lipinski definition) is 6. The van der Waals surface area contributed by atoms with E-state index in [-0.39, 0.29) is 5.84 Å². The Bertz CT molecular complexity index is 462. The van der Waals surface area contributed by atoms with Crippen molar-refractivity contribution in [3.8, 4) is 0 Å². The van der Waals surface area contributed by atoms with Gasteiger partial charge in [-0.15, -0.1) is 11.3 Å². The van der Waals surface area contributed by atoms with Gasteiger partial charge in [-0.05, 0) is 20.8 Å². The monoisotopic (exact) mass is 283 g/mol. The molecule has 0 bridgehead atoms. The van der Waals surface area contributed by atoms with Gasteiger partial charge in [0.05, 0.1) is 11.2 Å². The van der Waals surface area contributed by atoms with Gasteiger partial charge in [-0.3, -0.25) is 4.90 Å². The molecule has 0 amide bonds. The van der Waals surface area contributed by atoms with Crippen LogP contribution < -0.4 is 10.6 Å². The first-order valence-corrected chi connectivity index (χ1v) is 7.23. The minimum atomic E-state index is -0.417. The molecule has 0 atom stereocenters. The zero-order valence-corrected chi connectivity index (χ0v) is 12.4. The number of rotatable bonds is 3. The summed E-state index contributed by atoms with van der Waals surface area (Å²) in [6.45, 7) is 9.54. The second-order valence-corrected chi connectivity index (χ2v) is 6.13. The molecule has 3 N–H and O–H groups in total. The fourth-order valence-corrected chi connectivity index (χ4v) is 3.08. The van der Waals surface area contributed by atoms with Crippen LogP contribution in [-0.4, -0.2) is 52.6 Å². The number of amidine groups is 1. The zero-order valence-electron chi connectivity index (χ0n) is 11.6. The Kier molecular flexibility index (Phi) is 3.96. The SMILES string of the molecule is Cc1csc(N2CCN(C(C)(C)C(N)=NO)CC2)n1. The lowest BCUT2D eigenvalue weighted by Gasteiger charge is -2.43. The summed E-state index contributed by atoms with van der Waals surface area (Å²) in [7, 11) is 0. The van der Waals surface area contributed by atoms with E-state index in [9.17, 15) is 0 Å². The summed E-state index contributed by atoms with van der Waals surface area (Å²) in [5, 5.41) is 15.1. The highest BCUT2D eigenvalue weighted by molar-refractivity contribution is 7.13. The van der Waals surface area contributed by atoms with Crippen LogP contribution in [0.4, 0.5) is 5.13 Å². The fourth-order valence-electron chi connectivity index (χ4n) is 2.23. The van der Waals surface area contributed by atoms with Gasteiger partial charge >= 0.3 is 0 Å². The van der Waals surface area contributed by atoms with Gasteiger partial charge < -0.3 is 15.8 Å². The number of aromatic nitrogens is 1. The fraction of sp³-hybridized carbons (Fsp3) is 0.667. The third-order valence-corrected chi connectivity index (χ3v) is 4.70. The lowest BCUT2D eigenvalue weighted by molar-refractivity contribution is 0.161. The summed E-state index contributed by atoms with van der Waals surface area (Å²) in [6.07, 6.45) is 0. The predicted octanol–water partition coefficient (Wildman–Crippen LogP) is 1.10. The Morgan fingerprint density at radius 1 is 1.42 bits per heavy atom. The van der Waals surface area contributed by atoms with Crippen LogP contribution in [0.5, 0.6) is 0 Å². The maximum atomic E-state index is 8.85. The normalized spacial score (nSPS) is 18.9. The van der Waals surface area contributed by atoms with E-state index in [1.807, 2.05) is 20.8 Å². The Labute approximate surface area is 117 Å². The molecule has 1 aliphatic heterocycles. The summed E-state index contributed by atoms with van der Waals surface area (Å²) in [5.74, 6) is 0.256. The van der Waals surface area contributed by atoms with E-state index in [1.165, 1.54) is 0 Å². The van der Waals surface area contributed by atoms with Crippen molar-refractivity contribution in [2.45, 2.75) is 26.3 Å². The van der Waals surface area contributed by atoms with E-state index < -0.39 is 5.54 Å². The number of hydrogen-bond donors (Lipinski definition) is 2.